The summed E-state index contributed by atoms with van der Waals surface area (Å²) in [6.07, 6.45) is -10.4. The van der Waals surface area contributed by atoms with Gasteiger partial charge in [-0.3, -0.25) is 4.79 Å². The van der Waals surface area contributed by atoms with Crippen molar-refractivity contribution >= 4 is 17.5 Å². The molecule has 0 spiro atoms. The number of rotatable bonds is 1. The number of hydrogen-bond donors (Lipinski definition) is 0. The Bertz CT molecular complexity index is 306. The van der Waals surface area contributed by atoms with Gasteiger partial charge >= 0.3 is 17.2 Å². The van der Waals surface area contributed by atoms with E-state index < -0.39 is 23.1 Å². The zero-order chi connectivity index (χ0) is 14.2. The van der Waals surface area contributed by atoms with E-state index in [4.69, 9.17) is 0 Å². The Balaban J connectivity index is 3.08. The first-order valence-electron chi connectivity index (χ1n) is 5.13. The first-order valence-corrected chi connectivity index (χ1v) is 5.51. The number of halogens is 7. The van der Waals surface area contributed by atoms with Crippen LogP contribution in [0.3, 0.4) is 0 Å². The summed E-state index contributed by atoms with van der Waals surface area (Å²) >= 11 is 4.63. The van der Waals surface area contributed by atoms with Gasteiger partial charge in [-0.05, 0) is 19.3 Å². The molecule has 18 heavy (non-hydrogen) atoms. The van der Waals surface area contributed by atoms with Crippen molar-refractivity contribution in [3.05, 3.63) is 0 Å². The number of hydrogen-bond acceptors (Lipinski definition) is 1. The standard InChI is InChI=1S/C9H10ClF6NO/c10-7(8(11,12)13,9(14,15)16)6(18)17-4-2-1-3-5-17/h1-5H2. The lowest BCUT2D eigenvalue weighted by Gasteiger charge is -2.36. The third-order valence-electron chi connectivity index (χ3n) is 2.72. The largest absolute Gasteiger partial charge is 0.425 e. The van der Waals surface area contributed by atoms with Gasteiger partial charge in [0, 0.05) is 13.1 Å². The van der Waals surface area contributed by atoms with Crippen molar-refractivity contribution in [1.29, 1.82) is 0 Å². The minimum Gasteiger partial charge on any atom is -0.341 e. The second-order valence-electron chi connectivity index (χ2n) is 4.01. The highest BCUT2D eigenvalue weighted by Gasteiger charge is 2.75. The van der Waals surface area contributed by atoms with Crippen molar-refractivity contribution in [2.45, 2.75) is 36.5 Å². The number of amides is 1. The normalized spacial score (nSPS) is 18.9. The summed E-state index contributed by atoms with van der Waals surface area (Å²) in [5.41, 5.74) is 0. The summed E-state index contributed by atoms with van der Waals surface area (Å²) < 4.78 is 75.0. The molecule has 0 radical (unpaired) electrons. The summed E-state index contributed by atoms with van der Waals surface area (Å²) in [7, 11) is 0. The Kier molecular flexibility index (Phi) is 4.10. The smallest absolute Gasteiger partial charge is 0.341 e. The van der Waals surface area contributed by atoms with Gasteiger partial charge in [-0.1, -0.05) is 11.6 Å². The first kappa shape index (κ1) is 15.4. The molecule has 0 N–H and O–H groups in total. The molecule has 0 aromatic heterocycles. The zero-order valence-electron chi connectivity index (χ0n) is 9.04. The number of carbonyl (C=O) groups is 1. The van der Waals surface area contributed by atoms with E-state index in [-0.39, 0.29) is 13.1 Å². The van der Waals surface area contributed by atoms with Gasteiger partial charge in [0.2, 0.25) is 0 Å². The molecule has 1 saturated heterocycles. The third kappa shape index (κ3) is 2.53. The van der Waals surface area contributed by atoms with Gasteiger partial charge in [0.05, 0.1) is 0 Å². The van der Waals surface area contributed by atoms with E-state index in [9.17, 15) is 31.1 Å². The van der Waals surface area contributed by atoms with Crippen molar-refractivity contribution in [2.75, 3.05) is 13.1 Å². The van der Waals surface area contributed by atoms with Gasteiger partial charge in [0.25, 0.3) is 5.91 Å². The zero-order valence-corrected chi connectivity index (χ0v) is 9.79. The predicted octanol–water partition coefficient (Wildman–Crippen LogP) is 3.10. The summed E-state index contributed by atoms with van der Waals surface area (Å²) in [6, 6.07) is 0. The minimum atomic E-state index is -5.89. The molecule has 1 amide bonds. The molecule has 0 aromatic rings. The fraction of sp³-hybridized carbons (Fsp3) is 0.889. The number of alkyl halides is 7. The fourth-order valence-electron chi connectivity index (χ4n) is 1.72. The Morgan fingerprint density at radius 3 is 1.61 bits per heavy atom. The summed E-state index contributed by atoms with van der Waals surface area (Å²) in [6.45, 7) is -0.279. The second kappa shape index (κ2) is 4.79. The van der Waals surface area contributed by atoms with E-state index in [1.54, 1.807) is 0 Å². The lowest BCUT2D eigenvalue weighted by atomic mass is 10.0. The third-order valence-corrected chi connectivity index (χ3v) is 3.31. The number of piperidine rings is 1. The molecule has 1 heterocycles. The molecule has 1 aliphatic heterocycles. The maximum absolute atomic E-state index is 12.5. The molecular weight excluding hydrogens is 288 g/mol. The molecule has 9 heteroatoms. The quantitative estimate of drug-likeness (QED) is 0.538. The summed E-state index contributed by atoms with van der Waals surface area (Å²) in [4.78, 5) is 7.14. The fourth-order valence-corrected chi connectivity index (χ4v) is 1.84. The second-order valence-corrected chi connectivity index (χ2v) is 4.57. The monoisotopic (exact) mass is 297 g/mol. The SMILES string of the molecule is O=C(N1CCCCC1)C(Cl)(C(F)(F)F)C(F)(F)F. The van der Waals surface area contributed by atoms with Gasteiger partial charge < -0.3 is 4.90 Å². The molecule has 1 fully saturated rings. The van der Waals surface area contributed by atoms with Crippen molar-refractivity contribution in [1.82, 2.24) is 4.90 Å². The average Bonchev–Trinajstić information content (AvgIpc) is 2.25. The molecule has 2 nitrogen and oxygen atoms in total. The van der Waals surface area contributed by atoms with E-state index >= 15 is 0 Å². The van der Waals surface area contributed by atoms with Gasteiger partial charge in [-0.15, -0.1) is 0 Å². The highest BCUT2D eigenvalue weighted by Crippen LogP contribution is 2.49. The van der Waals surface area contributed by atoms with Gasteiger partial charge in [0.15, 0.2) is 0 Å². The molecule has 0 unspecified atom stereocenters. The van der Waals surface area contributed by atoms with Crippen LogP contribution in [-0.2, 0) is 4.79 Å². The van der Waals surface area contributed by atoms with Crippen LogP contribution in [0.2, 0.25) is 0 Å². The summed E-state index contributed by atoms with van der Waals surface area (Å²) in [5, 5.41) is 0. The molecule has 1 aliphatic rings. The molecule has 106 valence electrons. The van der Waals surface area contributed by atoms with Crippen LogP contribution >= 0.6 is 11.6 Å². The molecule has 1 rings (SSSR count). The number of carbonyl (C=O) groups excluding carboxylic acids is 1. The van der Waals surface area contributed by atoms with Crippen LogP contribution in [0.15, 0.2) is 0 Å². The summed E-state index contributed by atoms with van der Waals surface area (Å²) in [5.74, 6) is -2.14. The Morgan fingerprint density at radius 2 is 1.28 bits per heavy atom. The Morgan fingerprint density at radius 1 is 0.889 bits per heavy atom. The van der Waals surface area contributed by atoms with E-state index in [1.807, 2.05) is 0 Å². The van der Waals surface area contributed by atoms with Gasteiger partial charge in [-0.2, -0.15) is 26.3 Å². The number of likely N-dealkylation sites (tertiary alicyclic amines) is 1. The molecule has 0 bridgehead atoms. The van der Waals surface area contributed by atoms with Crippen molar-refractivity contribution in [3.8, 4) is 0 Å². The van der Waals surface area contributed by atoms with E-state index in [1.165, 1.54) is 0 Å². The topological polar surface area (TPSA) is 20.3 Å². The molecular formula is C9H10ClF6NO. The Labute approximate surface area is 104 Å². The van der Waals surface area contributed by atoms with Crippen LogP contribution < -0.4 is 0 Å². The maximum Gasteiger partial charge on any atom is 0.425 e. The minimum absolute atomic E-state index is 0.139. The van der Waals surface area contributed by atoms with E-state index in [0.29, 0.717) is 24.2 Å². The Hall–Kier alpha value is -0.660. The predicted molar refractivity (Wildman–Crippen MR) is 51.1 cm³/mol. The van der Waals surface area contributed by atoms with Crippen molar-refractivity contribution < 1.29 is 31.1 Å². The lowest BCUT2D eigenvalue weighted by Crippen LogP contribution is -2.63. The average molecular weight is 298 g/mol. The van der Waals surface area contributed by atoms with Crippen LogP contribution in [0.4, 0.5) is 26.3 Å². The first-order chi connectivity index (χ1) is 8.02. The van der Waals surface area contributed by atoms with Crippen molar-refractivity contribution in [3.63, 3.8) is 0 Å². The lowest BCUT2D eigenvalue weighted by molar-refractivity contribution is -0.263. The van der Waals surface area contributed by atoms with Gasteiger partial charge in [-0.25, -0.2) is 0 Å². The van der Waals surface area contributed by atoms with Crippen molar-refractivity contribution in [2.24, 2.45) is 0 Å². The maximum atomic E-state index is 12.5. The van der Waals surface area contributed by atoms with Gasteiger partial charge in [0.1, 0.15) is 0 Å². The molecule has 0 aromatic carbocycles. The molecule has 0 atom stereocenters. The van der Waals surface area contributed by atoms with E-state index in [2.05, 4.69) is 11.6 Å². The van der Waals surface area contributed by atoms with Crippen LogP contribution in [0.25, 0.3) is 0 Å². The highest BCUT2D eigenvalue weighted by atomic mass is 35.5. The van der Waals surface area contributed by atoms with Crippen LogP contribution in [0.5, 0.6) is 0 Å². The number of nitrogens with zero attached hydrogens (tertiary/aromatic N) is 1. The van der Waals surface area contributed by atoms with Crippen LogP contribution in [0.1, 0.15) is 19.3 Å². The highest BCUT2D eigenvalue weighted by molar-refractivity contribution is 6.36. The van der Waals surface area contributed by atoms with Crippen LogP contribution in [-0.4, -0.2) is 41.1 Å². The molecule has 0 aliphatic carbocycles. The van der Waals surface area contributed by atoms with Crippen LogP contribution in [0, 0.1) is 0 Å². The van der Waals surface area contributed by atoms with E-state index in [0.717, 1.165) is 0 Å². The molecule has 0 saturated carbocycles.